The van der Waals surface area contributed by atoms with Crippen LogP contribution in [0.25, 0.3) is 0 Å². The number of Topliss-reactive ketones (excluding diaryl/α,β-unsaturated/α-hetero) is 1. The van der Waals surface area contributed by atoms with Crippen LogP contribution < -0.4 is 0 Å². The summed E-state index contributed by atoms with van der Waals surface area (Å²) < 4.78 is 0. The molecule has 98 valence electrons. The van der Waals surface area contributed by atoms with E-state index in [4.69, 9.17) is 16.7 Å². The van der Waals surface area contributed by atoms with Crippen LogP contribution in [0.4, 0.5) is 0 Å². The number of aliphatic hydroxyl groups excluding tert-OH is 1. The Bertz CT molecular complexity index is 473. The van der Waals surface area contributed by atoms with E-state index in [1.807, 2.05) is 6.26 Å². The number of ketones is 1. The van der Waals surface area contributed by atoms with E-state index in [1.165, 1.54) is 24.8 Å². The molecule has 1 rings (SSSR count). The first-order chi connectivity index (χ1) is 8.38. The summed E-state index contributed by atoms with van der Waals surface area (Å²) >= 11 is 7.15. The summed E-state index contributed by atoms with van der Waals surface area (Å²) in [7, 11) is 0. The smallest absolute Gasteiger partial charge is 0.337 e. The van der Waals surface area contributed by atoms with Gasteiger partial charge in [0.1, 0.15) is 0 Å². The lowest BCUT2D eigenvalue weighted by atomic mass is 9.98. The Hall–Kier alpha value is -1.04. The highest BCUT2D eigenvalue weighted by molar-refractivity contribution is 7.98. The molecule has 0 aliphatic carbocycles. The molecule has 18 heavy (non-hydrogen) atoms. The van der Waals surface area contributed by atoms with E-state index < -0.39 is 23.2 Å². The van der Waals surface area contributed by atoms with E-state index in [0.717, 1.165) is 4.90 Å². The number of carbonyl (C=O) groups is 2. The second kappa shape index (κ2) is 6.22. The minimum absolute atomic E-state index is 0.0674. The lowest BCUT2D eigenvalue weighted by Gasteiger charge is -2.13. The lowest BCUT2D eigenvalue weighted by Crippen LogP contribution is -2.18. The maximum absolute atomic E-state index is 11.9. The van der Waals surface area contributed by atoms with Gasteiger partial charge < -0.3 is 10.2 Å². The van der Waals surface area contributed by atoms with E-state index in [0.29, 0.717) is 0 Å². The van der Waals surface area contributed by atoms with Crippen molar-refractivity contribution in [2.45, 2.75) is 23.3 Å². The normalized spacial score (nSPS) is 14.0. The number of alkyl halides is 1. The molecule has 0 aliphatic rings. The summed E-state index contributed by atoms with van der Waals surface area (Å²) in [6.45, 7) is 1.51. The Morgan fingerprint density at radius 1 is 1.39 bits per heavy atom. The minimum Gasteiger partial charge on any atom is -0.479 e. The third kappa shape index (κ3) is 3.25. The summed E-state index contributed by atoms with van der Waals surface area (Å²) in [6.07, 6.45) is 0.108. The third-order valence-electron chi connectivity index (χ3n) is 2.42. The molecule has 0 radical (unpaired) electrons. The largest absolute Gasteiger partial charge is 0.479 e. The zero-order valence-electron chi connectivity index (χ0n) is 9.88. The number of halogens is 1. The predicted molar refractivity (Wildman–Crippen MR) is 70.5 cm³/mol. The fraction of sp³-hybridized carbons (Fsp3) is 0.333. The quantitative estimate of drug-likeness (QED) is 0.494. The second-order valence-corrected chi connectivity index (χ2v) is 5.21. The van der Waals surface area contributed by atoms with Gasteiger partial charge in [0, 0.05) is 16.0 Å². The Morgan fingerprint density at radius 2 is 2.00 bits per heavy atom. The Balaban J connectivity index is 3.33. The Labute approximate surface area is 114 Å². The van der Waals surface area contributed by atoms with Gasteiger partial charge in [0.25, 0.3) is 0 Å². The molecule has 4 nitrogen and oxygen atoms in total. The van der Waals surface area contributed by atoms with E-state index in [-0.39, 0.29) is 11.1 Å². The number of aliphatic hydroxyl groups is 1. The first-order valence-corrected chi connectivity index (χ1v) is 6.81. The van der Waals surface area contributed by atoms with Crippen molar-refractivity contribution in [2.24, 2.45) is 0 Å². The van der Waals surface area contributed by atoms with Crippen LogP contribution in [0.15, 0.2) is 23.1 Å². The number of aliphatic carboxylic acids is 1. The number of hydrogen-bond donors (Lipinski definition) is 2. The van der Waals surface area contributed by atoms with Crippen molar-refractivity contribution in [3.05, 3.63) is 29.3 Å². The fourth-order valence-corrected chi connectivity index (χ4v) is 2.02. The van der Waals surface area contributed by atoms with Gasteiger partial charge in [-0.25, -0.2) is 4.79 Å². The molecule has 0 amide bonds. The van der Waals surface area contributed by atoms with Crippen molar-refractivity contribution in [1.29, 1.82) is 0 Å². The van der Waals surface area contributed by atoms with Crippen LogP contribution >= 0.6 is 23.4 Å². The van der Waals surface area contributed by atoms with Crippen molar-refractivity contribution in [3.8, 4) is 0 Å². The molecule has 6 heteroatoms. The van der Waals surface area contributed by atoms with E-state index in [2.05, 4.69) is 0 Å². The van der Waals surface area contributed by atoms with Gasteiger partial charge in [-0.15, -0.1) is 23.4 Å². The molecule has 2 atom stereocenters. The molecule has 0 spiro atoms. The van der Waals surface area contributed by atoms with Crippen LogP contribution in [0.1, 0.15) is 28.9 Å². The van der Waals surface area contributed by atoms with Crippen molar-refractivity contribution in [2.75, 3.05) is 6.26 Å². The van der Waals surface area contributed by atoms with Crippen LogP contribution in [0, 0.1) is 0 Å². The van der Waals surface area contributed by atoms with Gasteiger partial charge in [0.15, 0.2) is 11.9 Å². The van der Waals surface area contributed by atoms with E-state index >= 15 is 0 Å². The first-order valence-electron chi connectivity index (χ1n) is 5.15. The van der Waals surface area contributed by atoms with Crippen molar-refractivity contribution < 1.29 is 19.8 Å². The van der Waals surface area contributed by atoms with Crippen molar-refractivity contribution in [3.63, 3.8) is 0 Å². The fourth-order valence-electron chi connectivity index (χ4n) is 1.46. The average molecular weight is 289 g/mol. The summed E-state index contributed by atoms with van der Waals surface area (Å²) in [5.41, 5.74) is 0.219. The molecular weight excluding hydrogens is 276 g/mol. The topological polar surface area (TPSA) is 74.6 Å². The van der Waals surface area contributed by atoms with Crippen LogP contribution in [0.2, 0.25) is 0 Å². The maximum atomic E-state index is 11.9. The van der Waals surface area contributed by atoms with Gasteiger partial charge >= 0.3 is 5.97 Å². The molecular formula is C12H13ClO4S. The molecule has 2 unspecified atom stereocenters. The monoisotopic (exact) mass is 288 g/mol. The molecule has 0 fully saturated rings. The number of carboxylic acids is 1. The van der Waals surface area contributed by atoms with E-state index in [1.54, 1.807) is 12.1 Å². The van der Waals surface area contributed by atoms with Crippen molar-refractivity contribution in [1.82, 2.24) is 0 Å². The number of benzene rings is 1. The Kier molecular flexibility index (Phi) is 5.19. The average Bonchev–Trinajstić information content (AvgIpc) is 2.35. The van der Waals surface area contributed by atoms with Crippen LogP contribution in [-0.2, 0) is 4.79 Å². The standard InChI is InChI=1S/C12H13ClO4S/c1-6(13)10(14)9-5-7(18-2)3-4-8(9)11(15)12(16)17/h3-6,11,15H,1-2H3,(H,16,17). The van der Waals surface area contributed by atoms with Crippen LogP contribution in [-0.4, -0.2) is 33.6 Å². The minimum atomic E-state index is -1.73. The molecule has 0 saturated heterocycles. The van der Waals surface area contributed by atoms with E-state index in [9.17, 15) is 14.7 Å². The molecule has 0 bridgehead atoms. The van der Waals surface area contributed by atoms with Gasteiger partial charge in [0.05, 0.1) is 5.38 Å². The summed E-state index contributed by atoms with van der Waals surface area (Å²) in [5, 5.41) is 17.6. The predicted octanol–water partition coefficient (Wildman–Crippen LogP) is 2.34. The zero-order chi connectivity index (χ0) is 13.9. The second-order valence-electron chi connectivity index (χ2n) is 3.67. The highest BCUT2D eigenvalue weighted by Gasteiger charge is 2.24. The highest BCUT2D eigenvalue weighted by atomic mass is 35.5. The number of carbonyl (C=O) groups excluding carboxylic acids is 1. The summed E-state index contributed by atoms with van der Waals surface area (Å²) in [6, 6.07) is 4.65. The summed E-state index contributed by atoms with van der Waals surface area (Å²) in [5.74, 6) is -1.80. The number of hydrogen-bond acceptors (Lipinski definition) is 4. The SMILES string of the molecule is CSc1ccc(C(O)C(=O)O)c(C(=O)C(C)Cl)c1. The van der Waals surface area contributed by atoms with Gasteiger partial charge in [-0.3, -0.25) is 4.79 Å². The zero-order valence-corrected chi connectivity index (χ0v) is 11.5. The lowest BCUT2D eigenvalue weighted by molar-refractivity contribution is -0.146. The highest BCUT2D eigenvalue weighted by Crippen LogP contribution is 2.26. The Morgan fingerprint density at radius 3 is 2.44 bits per heavy atom. The number of rotatable bonds is 5. The molecule has 2 N–H and O–H groups in total. The van der Waals surface area contributed by atoms with Gasteiger partial charge in [-0.2, -0.15) is 0 Å². The summed E-state index contributed by atoms with van der Waals surface area (Å²) in [4.78, 5) is 23.5. The van der Waals surface area contributed by atoms with Crippen molar-refractivity contribution >= 4 is 35.1 Å². The van der Waals surface area contributed by atoms with Crippen LogP contribution in [0.5, 0.6) is 0 Å². The molecule has 0 saturated carbocycles. The first kappa shape index (κ1) is 15.0. The van der Waals surface area contributed by atoms with Gasteiger partial charge in [0.2, 0.25) is 0 Å². The van der Waals surface area contributed by atoms with Crippen LogP contribution in [0.3, 0.4) is 0 Å². The number of carboxylic acid groups (broad SMARTS) is 1. The number of thioether (sulfide) groups is 1. The van der Waals surface area contributed by atoms with Gasteiger partial charge in [-0.1, -0.05) is 6.07 Å². The maximum Gasteiger partial charge on any atom is 0.337 e. The molecule has 1 aromatic rings. The molecule has 0 aromatic heterocycles. The molecule has 0 aliphatic heterocycles. The third-order valence-corrected chi connectivity index (χ3v) is 3.34. The molecule has 1 aromatic carbocycles. The molecule has 0 heterocycles. The van der Waals surface area contributed by atoms with Gasteiger partial charge in [-0.05, 0) is 25.3 Å².